The van der Waals surface area contributed by atoms with Gasteiger partial charge in [0.2, 0.25) is 0 Å². The molecule has 1 heterocycles. The van der Waals surface area contributed by atoms with E-state index in [4.69, 9.17) is 9.72 Å². The lowest BCUT2D eigenvalue weighted by Gasteiger charge is -2.12. The number of hydrogen-bond acceptors (Lipinski definition) is 2. The number of aromatic nitrogens is 2. The Hall–Kier alpha value is -3.14. The number of imidazole rings is 1. The van der Waals surface area contributed by atoms with Crippen LogP contribution >= 0.6 is 0 Å². The van der Waals surface area contributed by atoms with Crippen LogP contribution in [0, 0.1) is 19.7 Å². The highest BCUT2D eigenvalue weighted by Crippen LogP contribution is 2.26. The maximum atomic E-state index is 13.3. The zero-order valence-electron chi connectivity index (χ0n) is 16.9. The molecule has 1 aromatic heterocycles. The molecule has 0 aliphatic rings. The lowest BCUT2D eigenvalue weighted by molar-refractivity contribution is 0.301. The minimum Gasteiger partial charge on any atom is -0.493 e. The third kappa shape index (κ3) is 4.32. The molecule has 0 radical (unpaired) electrons. The van der Waals surface area contributed by atoms with Gasteiger partial charge in [0.15, 0.2) is 0 Å². The second-order valence-corrected chi connectivity index (χ2v) is 7.41. The van der Waals surface area contributed by atoms with Crippen LogP contribution in [0.1, 0.15) is 24.0 Å². The maximum absolute atomic E-state index is 13.3. The summed E-state index contributed by atoms with van der Waals surface area (Å²) >= 11 is 0. The number of nitrogens with zero attached hydrogens (tertiary/aromatic N) is 2. The summed E-state index contributed by atoms with van der Waals surface area (Å²) in [6.07, 6.45) is 1.92. The quantitative estimate of drug-likeness (QED) is 0.347. The highest BCUT2D eigenvalue weighted by molar-refractivity contribution is 5.80. The molecule has 29 heavy (non-hydrogen) atoms. The second-order valence-electron chi connectivity index (χ2n) is 7.41. The topological polar surface area (TPSA) is 27.1 Å². The summed E-state index contributed by atoms with van der Waals surface area (Å²) in [5, 5.41) is 0. The van der Waals surface area contributed by atoms with Crippen molar-refractivity contribution in [3.05, 3.63) is 83.7 Å². The van der Waals surface area contributed by atoms with Crippen molar-refractivity contribution in [2.24, 2.45) is 0 Å². The van der Waals surface area contributed by atoms with Gasteiger partial charge < -0.3 is 9.30 Å². The fourth-order valence-electron chi connectivity index (χ4n) is 3.54. The molecule has 4 aromatic rings. The van der Waals surface area contributed by atoms with Crippen LogP contribution in [-0.4, -0.2) is 16.2 Å². The van der Waals surface area contributed by atoms with Gasteiger partial charge in [-0.2, -0.15) is 0 Å². The van der Waals surface area contributed by atoms with Gasteiger partial charge in [-0.1, -0.05) is 24.3 Å². The number of unbranched alkanes of at least 4 members (excludes halogenated alkanes) is 1. The molecule has 148 valence electrons. The summed E-state index contributed by atoms with van der Waals surface area (Å²) in [4.78, 5) is 4.79. The summed E-state index contributed by atoms with van der Waals surface area (Å²) in [5.74, 6) is 1.60. The van der Waals surface area contributed by atoms with E-state index in [0.29, 0.717) is 6.61 Å². The number of aryl methyl sites for hydroxylation is 3. The number of fused-ring (bicyclic) bond motifs is 1. The van der Waals surface area contributed by atoms with E-state index in [1.54, 1.807) is 12.1 Å². The van der Waals surface area contributed by atoms with E-state index in [-0.39, 0.29) is 5.82 Å². The van der Waals surface area contributed by atoms with Crippen molar-refractivity contribution < 1.29 is 9.13 Å². The van der Waals surface area contributed by atoms with Crippen molar-refractivity contribution in [2.45, 2.75) is 33.2 Å². The Morgan fingerprint density at radius 2 is 1.72 bits per heavy atom. The van der Waals surface area contributed by atoms with Crippen molar-refractivity contribution in [2.75, 3.05) is 6.61 Å². The third-order valence-electron chi connectivity index (χ3n) is 5.13. The number of benzene rings is 3. The number of ether oxygens (including phenoxy) is 1. The van der Waals surface area contributed by atoms with Crippen molar-refractivity contribution in [3.8, 4) is 17.1 Å². The van der Waals surface area contributed by atoms with Gasteiger partial charge in [-0.05, 0) is 80.3 Å². The minimum absolute atomic E-state index is 0.236. The summed E-state index contributed by atoms with van der Waals surface area (Å²) in [6, 6.07) is 20.9. The van der Waals surface area contributed by atoms with Gasteiger partial charge in [-0.15, -0.1) is 0 Å². The number of rotatable bonds is 7. The van der Waals surface area contributed by atoms with E-state index < -0.39 is 0 Å². The first kappa shape index (κ1) is 19.2. The molecular weight excluding hydrogens is 363 g/mol. The van der Waals surface area contributed by atoms with Gasteiger partial charge >= 0.3 is 0 Å². The van der Waals surface area contributed by atoms with Crippen LogP contribution in [0.5, 0.6) is 5.75 Å². The molecule has 4 rings (SSSR count). The molecule has 0 N–H and O–H groups in total. The Labute approximate surface area is 170 Å². The number of hydrogen-bond donors (Lipinski definition) is 0. The fourth-order valence-corrected chi connectivity index (χ4v) is 3.54. The van der Waals surface area contributed by atoms with Crippen LogP contribution in [0.2, 0.25) is 0 Å². The highest BCUT2D eigenvalue weighted by Gasteiger charge is 2.12. The Bertz CT molecular complexity index is 1120. The number of para-hydroxylation sites is 2. The standard InChI is InChI=1S/C25H25FN2O/c1-18-9-10-19(2)24(17-18)29-16-6-5-15-28-23-8-4-3-7-22(23)27-25(28)20-11-13-21(26)14-12-20/h3-4,7-14,17H,5-6,15-16H2,1-2H3. The normalized spacial score (nSPS) is 11.1. The molecule has 0 unspecified atom stereocenters. The molecule has 0 aliphatic heterocycles. The largest absolute Gasteiger partial charge is 0.493 e. The first-order valence-corrected chi connectivity index (χ1v) is 10.0. The predicted molar refractivity (Wildman–Crippen MR) is 116 cm³/mol. The SMILES string of the molecule is Cc1ccc(C)c(OCCCCn2c(-c3ccc(F)cc3)nc3ccccc32)c1. The molecule has 4 heteroatoms. The molecule has 3 nitrogen and oxygen atoms in total. The minimum atomic E-state index is -0.236. The zero-order valence-corrected chi connectivity index (χ0v) is 16.9. The van der Waals surface area contributed by atoms with Gasteiger partial charge in [-0.3, -0.25) is 0 Å². The van der Waals surface area contributed by atoms with Crippen LogP contribution in [-0.2, 0) is 6.54 Å². The van der Waals surface area contributed by atoms with E-state index in [2.05, 4.69) is 42.7 Å². The van der Waals surface area contributed by atoms with Gasteiger partial charge in [0.1, 0.15) is 17.4 Å². The van der Waals surface area contributed by atoms with E-state index in [1.165, 1.54) is 17.7 Å². The van der Waals surface area contributed by atoms with E-state index in [9.17, 15) is 4.39 Å². The molecule has 3 aromatic carbocycles. The second kappa shape index (κ2) is 8.48. The monoisotopic (exact) mass is 388 g/mol. The van der Waals surface area contributed by atoms with Crippen molar-refractivity contribution in [3.63, 3.8) is 0 Å². The smallest absolute Gasteiger partial charge is 0.141 e. The van der Waals surface area contributed by atoms with Crippen LogP contribution < -0.4 is 4.74 Å². The van der Waals surface area contributed by atoms with Gasteiger partial charge in [0.05, 0.1) is 17.6 Å². The Balaban J connectivity index is 1.46. The van der Waals surface area contributed by atoms with Crippen LogP contribution in [0.3, 0.4) is 0 Å². The van der Waals surface area contributed by atoms with Gasteiger partial charge in [-0.25, -0.2) is 9.37 Å². The lowest BCUT2D eigenvalue weighted by atomic mass is 10.1. The molecule has 0 fully saturated rings. The molecule has 0 saturated carbocycles. The average molecular weight is 388 g/mol. The lowest BCUT2D eigenvalue weighted by Crippen LogP contribution is -2.04. The van der Waals surface area contributed by atoms with E-state index in [1.807, 2.05) is 18.2 Å². The van der Waals surface area contributed by atoms with Crippen LogP contribution in [0.25, 0.3) is 22.4 Å². The maximum Gasteiger partial charge on any atom is 0.141 e. The van der Waals surface area contributed by atoms with Gasteiger partial charge in [0, 0.05) is 12.1 Å². The van der Waals surface area contributed by atoms with Crippen molar-refractivity contribution in [1.82, 2.24) is 9.55 Å². The molecule has 0 atom stereocenters. The van der Waals surface area contributed by atoms with E-state index in [0.717, 1.165) is 53.1 Å². The van der Waals surface area contributed by atoms with E-state index >= 15 is 0 Å². The van der Waals surface area contributed by atoms with Crippen molar-refractivity contribution in [1.29, 1.82) is 0 Å². The number of halogens is 1. The summed E-state index contributed by atoms with van der Waals surface area (Å²) < 4.78 is 21.6. The Morgan fingerprint density at radius 3 is 2.55 bits per heavy atom. The molecule has 0 bridgehead atoms. The molecule has 0 amide bonds. The van der Waals surface area contributed by atoms with Crippen LogP contribution in [0.4, 0.5) is 4.39 Å². The average Bonchev–Trinajstić information content (AvgIpc) is 3.09. The molecular formula is C25H25FN2O. The highest BCUT2D eigenvalue weighted by atomic mass is 19.1. The van der Waals surface area contributed by atoms with Crippen LogP contribution in [0.15, 0.2) is 66.7 Å². The van der Waals surface area contributed by atoms with Crippen molar-refractivity contribution >= 4 is 11.0 Å². The predicted octanol–water partition coefficient (Wildman–Crippen LogP) is 6.32. The summed E-state index contributed by atoms with van der Waals surface area (Å²) in [6.45, 7) is 5.67. The zero-order chi connectivity index (χ0) is 20.2. The molecule has 0 saturated heterocycles. The third-order valence-corrected chi connectivity index (χ3v) is 5.13. The first-order valence-electron chi connectivity index (χ1n) is 10.0. The van der Waals surface area contributed by atoms with Gasteiger partial charge in [0.25, 0.3) is 0 Å². The Kier molecular flexibility index (Phi) is 5.61. The summed E-state index contributed by atoms with van der Waals surface area (Å²) in [7, 11) is 0. The Morgan fingerprint density at radius 1 is 0.931 bits per heavy atom. The molecule has 0 aliphatic carbocycles. The first-order chi connectivity index (χ1) is 14.1. The summed E-state index contributed by atoms with van der Waals surface area (Å²) in [5.41, 5.74) is 5.35. The molecule has 0 spiro atoms. The fraction of sp³-hybridized carbons (Fsp3) is 0.240.